The Labute approximate surface area is 126 Å². The van der Waals surface area contributed by atoms with Crippen LogP contribution in [0, 0.1) is 0 Å². The number of carbonyl (C=O) groups excluding carboxylic acids is 1. The molecule has 1 heterocycles. The number of nitrogens with one attached hydrogen (secondary N) is 1. The minimum Gasteiger partial charge on any atom is -0.486 e. The molecular formula is C15H13ClN2O3. The Balaban J connectivity index is 1.83. The van der Waals surface area contributed by atoms with Crippen LogP contribution in [-0.2, 0) is 0 Å². The molecule has 0 radical (unpaired) electrons. The molecule has 3 N–H and O–H groups in total. The van der Waals surface area contributed by atoms with Crippen molar-refractivity contribution in [1.82, 2.24) is 0 Å². The van der Waals surface area contributed by atoms with E-state index in [0.717, 1.165) is 0 Å². The number of anilines is 2. The lowest BCUT2D eigenvalue weighted by atomic mass is 10.1. The van der Waals surface area contributed by atoms with E-state index in [2.05, 4.69) is 5.32 Å². The molecular weight excluding hydrogens is 292 g/mol. The Bertz CT molecular complexity index is 703. The first-order valence-electron chi connectivity index (χ1n) is 6.39. The molecule has 108 valence electrons. The number of hydrogen-bond acceptors (Lipinski definition) is 4. The summed E-state index contributed by atoms with van der Waals surface area (Å²) in [6.45, 7) is 0.983. The van der Waals surface area contributed by atoms with E-state index in [-0.39, 0.29) is 5.91 Å². The van der Waals surface area contributed by atoms with Gasteiger partial charge in [0.1, 0.15) is 13.2 Å². The van der Waals surface area contributed by atoms with Crippen molar-refractivity contribution in [3.05, 3.63) is 47.0 Å². The molecule has 0 aliphatic carbocycles. The summed E-state index contributed by atoms with van der Waals surface area (Å²) < 4.78 is 10.9. The van der Waals surface area contributed by atoms with Crippen LogP contribution in [0.15, 0.2) is 36.4 Å². The molecule has 0 fully saturated rings. The number of benzene rings is 2. The average Bonchev–Trinajstić information content (AvgIpc) is 2.50. The van der Waals surface area contributed by atoms with E-state index >= 15 is 0 Å². The van der Waals surface area contributed by atoms with Crippen LogP contribution < -0.4 is 20.5 Å². The highest BCUT2D eigenvalue weighted by atomic mass is 35.5. The molecule has 0 saturated carbocycles. The lowest BCUT2D eigenvalue weighted by molar-refractivity contribution is 0.102. The van der Waals surface area contributed by atoms with Gasteiger partial charge in [-0.05, 0) is 36.4 Å². The summed E-state index contributed by atoms with van der Waals surface area (Å²) in [6.07, 6.45) is 0. The Kier molecular flexibility index (Phi) is 3.58. The second kappa shape index (κ2) is 5.54. The van der Waals surface area contributed by atoms with Crippen LogP contribution in [-0.4, -0.2) is 19.1 Å². The van der Waals surface area contributed by atoms with Crippen LogP contribution in [0.3, 0.4) is 0 Å². The second-order valence-corrected chi connectivity index (χ2v) is 4.98. The van der Waals surface area contributed by atoms with Gasteiger partial charge in [-0.1, -0.05) is 11.6 Å². The van der Waals surface area contributed by atoms with Gasteiger partial charge < -0.3 is 20.5 Å². The van der Waals surface area contributed by atoms with Gasteiger partial charge in [0.15, 0.2) is 11.5 Å². The Morgan fingerprint density at radius 1 is 1.10 bits per heavy atom. The van der Waals surface area contributed by atoms with E-state index in [4.69, 9.17) is 26.8 Å². The zero-order chi connectivity index (χ0) is 14.8. The predicted octanol–water partition coefficient (Wildman–Crippen LogP) is 2.95. The molecule has 0 atom stereocenters. The highest BCUT2D eigenvalue weighted by Gasteiger charge is 2.15. The van der Waals surface area contributed by atoms with Crippen LogP contribution >= 0.6 is 11.6 Å². The molecule has 0 saturated heterocycles. The Morgan fingerprint density at radius 3 is 2.67 bits per heavy atom. The number of carbonyl (C=O) groups is 1. The first-order chi connectivity index (χ1) is 10.1. The molecule has 0 spiro atoms. The zero-order valence-corrected chi connectivity index (χ0v) is 11.8. The maximum absolute atomic E-state index is 12.3. The highest BCUT2D eigenvalue weighted by molar-refractivity contribution is 6.31. The van der Waals surface area contributed by atoms with E-state index in [0.29, 0.717) is 46.7 Å². The van der Waals surface area contributed by atoms with Crippen LogP contribution in [0.5, 0.6) is 11.5 Å². The van der Waals surface area contributed by atoms with Gasteiger partial charge in [-0.15, -0.1) is 0 Å². The highest BCUT2D eigenvalue weighted by Crippen LogP contribution is 2.31. The summed E-state index contributed by atoms with van der Waals surface area (Å²) >= 11 is 5.90. The van der Waals surface area contributed by atoms with Crippen molar-refractivity contribution in [1.29, 1.82) is 0 Å². The van der Waals surface area contributed by atoms with Gasteiger partial charge in [-0.25, -0.2) is 0 Å². The number of amides is 1. The lowest BCUT2D eigenvalue weighted by Gasteiger charge is -2.18. The number of halogens is 1. The van der Waals surface area contributed by atoms with Gasteiger partial charge >= 0.3 is 0 Å². The third-order valence-corrected chi connectivity index (χ3v) is 3.30. The van der Waals surface area contributed by atoms with Crippen molar-refractivity contribution in [2.45, 2.75) is 0 Å². The molecule has 2 aromatic rings. The topological polar surface area (TPSA) is 73.6 Å². The summed E-state index contributed by atoms with van der Waals surface area (Å²) in [6, 6.07) is 9.93. The molecule has 0 bridgehead atoms. The normalized spacial score (nSPS) is 12.8. The van der Waals surface area contributed by atoms with Crippen molar-refractivity contribution in [3.63, 3.8) is 0 Å². The molecule has 1 aliphatic heterocycles. The van der Waals surface area contributed by atoms with Gasteiger partial charge in [0.25, 0.3) is 5.91 Å². The SMILES string of the molecule is Nc1ccc(Cl)cc1NC(=O)c1ccc2c(c1)OCCO2. The molecule has 6 heteroatoms. The lowest BCUT2D eigenvalue weighted by Crippen LogP contribution is -2.17. The first-order valence-corrected chi connectivity index (χ1v) is 6.77. The standard InChI is InChI=1S/C15H13ClN2O3/c16-10-2-3-11(17)12(8-10)18-15(19)9-1-4-13-14(7-9)21-6-5-20-13/h1-4,7-8H,5-6,17H2,(H,18,19). The zero-order valence-electron chi connectivity index (χ0n) is 11.1. The van der Waals surface area contributed by atoms with E-state index in [1.165, 1.54) is 0 Å². The molecule has 1 amide bonds. The molecule has 0 unspecified atom stereocenters. The van der Waals surface area contributed by atoms with E-state index in [9.17, 15) is 4.79 Å². The third-order valence-electron chi connectivity index (χ3n) is 3.07. The summed E-state index contributed by atoms with van der Waals surface area (Å²) in [5.74, 6) is 0.911. The smallest absolute Gasteiger partial charge is 0.255 e. The minimum absolute atomic E-state index is 0.291. The Hall–Kier alpha value is -2.40. The van der Waals surface area contributed by atoms with Crippen molar-refractivity contribution in [2.24, 2.45) is 0 Å². The molecule has 2 aromatic carbocycles. The summed E-state index contributed by atoms with van der Waals surface area (Å²) in [7, 11) is 0. The quantitative estimate of drug-likeness (QED) is 0.837. The van der Waals surface area contributed by atoms with E-state index < -0.39 is 0 Å². The molecule has 1 aliphatic rings. The van der Waals surface area contributed by atoms with Crippen LogP contribution in [0.1, 0.15) is 10.4 Å². The fourth-order valence-corrected chi connectivity index (χ4v) is 2.19. The number of hydrogen-bond donors (Lipinski definition) is 2. The largest absolute Gasteiger partial charge is 0.486 e. The fourth-order valence-electron chi connectivity index (χ4n) is 2.02. The fraction of sp³-hybridized carbons (Fsp3) is 0.133. The number of rotatable bonds is 2. The van der Waals surface area contributed by atoms with E-state index in [1.807, 2.05) is 0 Å². The number of fused-ring (bicyclic) bond motifs is 1. The molecule has 21 heavy (non-hydrogen) atoms. The maximum Gasteiger partial charge on any atom is 0.255 e. The second-order valence-electron chi connectivity index (χ2n) is 4.54. The van der Waals surface area contributed by atoms with Gasteiger partial charge in [0.05, 0.1) is 11.4 Å². The van der Waals surface area contributed by atoms with Crippen molar-refractivity contribution < 1.29 is 14.3 Å². The van der Waals surface area contributed by atoms with Crippen LogP contribution in [0.25, 0.3) is 0 Å². The van der Waals surface area contributed by atoms with Gasteiger partial charge in [-0.3, -0.25) is 4.79 Å². The monoisotopic (exact) mass is 304 g/mol. The predicted molar refractivity (Wildman–Crippen MR) is 81.2 cm³/mol. The summed E-state index contributed by atoms with van der Waals surface area (Å²) in [5.41, 5.74) is 7.19. The van der Waals surface area contributed by atoms with Gasteiger partial charge in [-0.2, -0.15) is 0 Å². The van der Waals surface area contributed by atoms with Gasteiger partial charge in [0, 0.05) is 10.6 Å². The van der Waals surface area contributed by atoms with Crippen molar-refractivity contribution >= 4 is 28.9 Å². The number of nitrogen functional groups attached to an aromatic ring is 1. The van der Waals surface area contributed by atoms with Crippen molar-refractivity contribution in [2.75, 3.05) is 24.3 Å². The van der Waals surface area contributed by atoms with Crippen LogP contribution in [0.4, 0.5) is 11.4 Å². The molecule has 3 rings (SSSR count). The third kappa shape index (κ3) is 2.87. The number of nitrogens with two attached hydrogens (primary N) is 1. The van der Waals surface area contributed by atoms with E-state index in [1.54, 1.807) is 36.4 Å². The minimum atomic E-state index is -0.291. The molecule has 0 aromatic heterocycles. The van der Waals surface area contributed by atoms with Crippen LogP contribution in [0.2, 0.25) is 5.02 Å². The van der Waals surface area contributed by atoms with Gasteiger partial charge in [0.2, 0.25) is 0 Å². The van der Waals surface area contributed by atoms with Crippen molar-refractivity contribution in [3.8, 4) is 11.5 Å². The summed E-state index contributed by atoms with van der Waals surface area (Å²) in [4.78, 5) is 12.3. The first kappa shape index (κ1) is 13.6. The Morgan fingerprint density at radius 2 is 1.86 bits per heavy atom. The summed E-state index contributed by atoms with van der Waals surface area (Å²) in [5, 5.41) is 3.23. The average molecular weight is 305 g/mol. The maximum atomic E-state index is 12.3. The molecule has 5 nitrogen and oxygen atoms in total. The number of ether oxygens (including phenoxy) is 2.